The summed E-state index contributed by atoms with van der Waals surface area (Å²) in [5.41, 5.74) is -0.994. The first kappa shape index (κ1) is 24.0. The van der Waals surface area contributed by atoms with Gasteiger partial charge in [0.05, 0.1) is 12.0 Å². The monoisotopic (exact) mass is 470 g/mol. The van der Waals surface area contributed by atoms with E-state index in [0.717, 1.165) is 12.0 Å². The van der Waals surface area contributed by atoms with Gasteiger partial charge in [-0.25, -0.2) is 4.79 Å². The largest absolute Gasteiger partial charge is 0.451 e. The number of ether oxygens (including phenoxy) is 3. The Morgan fingerprint density at radius 1 is 1.26 bits per heavy atom. The van der Waals surface area contributed by atoms with Crippen LogP contribution in [0.3, 0.4) is 0 Å². The molecule has 0 aromatic heterocycles. The van der Waals surface area contributed by atoms with Gasteiger partial charge in [0.25, 0.3) is 0 Å². The topological polar surface area (TPSA) is 82.1 Å². The maximum Gasteiger partial charge on any atom is 0.334 e. The van der Waals surface area contributed by atoms with Crippen molar-refractivity contribution in [2.75, 3.05) is 6.61 Å². The van der Waals surface area contributed by atoms with Crippen molar-refractivity contribution in [1.82, 2.24) is 0 Å². The number of allylic oxidation sites excluding steroid dienone is 2. The van der Waals surface area contributed by atoms with E-state index in [1.165, 1.54) is 0 Å². The van der Waals surface area contributed by atoms with Gasteiger partial charge in [0.2, 0.25) is 0 Å². The molecule has 0 amide bonds. The van der Waals surface area contributed by atoms with Gasteiger partial charge in [-0.2, -0.15) is 0 Å². The van der Waals surface area contributed by atoms with Crippen LogP contribution >= 0.6 is 0 Å². The summed E-state index contributed by atoms with van der Waals surface area (Å²) in [6.07, 6.45) is 4.62. The molecule has 4 aliphatic carbocycles. The third kappa shape index (κ3) is 2.85. The number of esters is 1. The van der Waals surface area contributed by atoms with Crippen LogP contribution in [0, 0.1) is 34.5 Å². The summed E-state index contributed by atoms with van der Waals surface area (Å²) in [4.78, 5) is 27.5. The summed E-state index contributed by atoms with van der Waals surface area (Å²) in [6.45, 7) is 15.8. The number of ketones is 1. The summed E-state index contributed by atoms with van der Waals surface area (Å²) in [5.74, 6) is -1.30. The van der Waals surface area contributed by atoms with Gasteiger partial charge >= 0.3 is 5.97 Å². The van der Waals surface area contributed by atoms with Gasteiger partial charge in [-0.3, -0.25) is 4.79 Å². The van der Waals surface area contributed by atoms with Crippen molar-refractivity contribution in [3.05, 3.63) is 34.9 Å². The number of fused-ring (bicyclic) bond motifs is 5. The Hall–Kier alpha value is -1.76. The van der Waals surface area contributed by atoms with Gasteiger partial charge in [-0.05, 0) is 75.4 Å². The minimum Gasteiger partial charge on any atom is -0.451 e. The molecule has 5 aliphatic rings. The number of Topliss-reactive ketones (excluding diaryl/α,β-unsaturated/α-hetero) is 1. The standard InChI is InChI=1S/C28H38O6/c1-9-14(2)24(30)33-22-15(3)12-27-16(4)10-19-20(25(19,5)6)18(21(27)29)11-17-13-32-26(7,8)34-23(17)28(22,27)31/h9,11-12,16,18-20,22-23,31H,10,13H2,1-8H3/b14-9-/t16-,18?,19?,20?,22+,23-,27?,28-/m0/s1. The maximum atomic E-state index is 14.6. The molecule has 1 N–H and O–H groups in total. The smallest absolute Gasteiger partial charge is 0.334 e. The fourth-order valence-corrected chi connectivity index (χ4v) is 7.62. The molecule has 2 bridgehead atoms. The van der Waals surface area contributed by atoms with Crippen LogP contribution < -0.4 is 0 Å². The van der Waals surface area contributed by atoms with Gasteiger partial charge in [-0.15, -0.1) is 0 Å². The van der Waals surface area contributed by atoms with E-state index in [2.05, 4.69) is 20.8 Å². The van der Waals surface area contributed by atoms with Crippen LogP contribution in [0.4, 0.5) is 0 Å². The van der Waals surface area contributed by atoms with Crippen molar-refractivity contribution in [3.63, 3.8) is 0 Å². The normalized spacial score (nSPS) is 46.1. The molecule has 0 radical (unpaired) electrons. The molecule has 0 aromatic carbocycles. The average molecular weight is 471 g/mol. The van der Waals surface area contributed by atoms with Gasteiger partial charge < -0.3 is 19.3 Å². The zero-order valence-corrected chi connectivity index (χ0v) is 21.6. The van der Waals surface area contributed by atoms with Gasteiger partial charge in [0.15, 0.2) is 23.3 Å². The molecule has 1 heterocycles. The van der Waals surface area contributed by atoms with Crippen molar-refractivity contribution >= 4 is 11.8 Å². The lowest BCUT2D eigenvalue weighted by Gasteiger charge is -2.52. The fourth-order valence-electron chi connectivity index (χ4n) is 7.62. The van der Waals surface area contributed by atoms with E-state index in [4.69, 9.17) is 14.2 Å². The minimum absolute atomic E-state index is 0.0181. The van der Waals surface area contributed by atoms with Crippen LogP contribution in [0.5, 0.6) is 0 Å². The van der Waals surface area contributed by atoms with E-state index in [1.54, 1.807) is 19.9 Å². The fraction of sp³-hybridized carbons (Fsp3) is 0.714. The highest BCUT2D eigenvalue weighted by Crippen LogP contribution is 2.72. The van der Waals surface area contributed by atoms with E-state index in [1.807, 2.05) is 32.9 Å². The summed E-state index contributed by atoms with van der Waals surface area (Å²) >= 11 is 0. The number of aliphatic hydroxyl groups is 1. The molecule has 4 unspecified atom stereocenters. The molecule has 1 spiro atoms. The lowest BCUT2D eigenvalue weighted by Crippen LogP contribution is -2.68. The summed E-state index contributed by atoms with van der Waals surface area (Å²) < 4.78 is 18.4. The average Bonchev–Trinajstić information content (AvgIpc) is 3.25. The lowest BCUT2D eigenvalue weighted by molar-refractivity contribution is -0.303. The van der Waals surface area contributed by atoms with E-state index in [-0.39, 0.29) is 35.6 Å². The van der Waals surface area contributed by atoms with Crippen LogP contribution in [-0.2, 0) is 23.8 Å². The Morgan fingerprint density at radius 2 is 1.94 bits per heavy atom. The van der Waals surface area contributed by atoms with E-state index in [9.17, 15) is 14.7 Å². The first-order valence-electron chi connectivity index (χ1n) is 12.5. The predicted molar refractivity (Wildman–Crippen MR) is 126 cm³/mol. The first-order chi connectivity index (χ1) is 15.7. The number of hydrogen-bond acceptors (Lipinski definition) is 6. The first-order valence-corrected chi connectivity index (χ1v) is 12.5. The number of hydrogen-bond donors (Lipinski definition) is 1. The Kier molecular flexibility index (Phi) is 5.03. The predicted octanol–water partition coefficient (Wildman–Crippen LogP) is 4.13. The maximum absolute atomic E-state index is 14.6. The number of rotatable bonds is 2. The Bertz CT molecular complexity index is 1050. The van der Waals surface area contributed by atoms with Crippen LogP contribution in [-0.4, -0.2) is 47.1 Å². The van der Waals surface area contributed by atoms with Gasteiger partial charge in [0, 0.05) is 11.5 Å². The molecule has 186 valence electrons. The zero-order valence-electron chi connectivity index (χ0n) is 21.6. The molecule has 1 aliphatic heterocycles. The SMILES string of the molecule is C/C=C(/C)C(=O)O[C@@H]1C(C)=CC23C(=O)C(C=C4COC(C)(C)O[C@@H]4[C@@]12O)C1C(C[C@@H]3C)C1(C)C. The van der Waals surface area contributed by atoms with Crippen LogP contribution in [0.1, 0.15) is 61.8 Å². The Balaban J connectivity index is 1.72. The molecular weight excluding hydrogens is 432 g/mol. The molecule has 34 heavy (non-hydrogen) atoms. The van der Waals surface area contributed by atoms with Crippen molar-refractivity contribution < 1.29 is 28.9 Å². The molecule has 3 fully saturated rings. The molecule has 8 atom stereocenters. The molecule has 2 saturated carbocycles. The Labute approximate surface area is 202 Å². The molecule has 6 nitrogen and oxygen atoms in total. The van der Waals surface area contributed by atoms with E-state index in [0.29, 0.717) is 17.1 Å². The highest BCUT2D eigenvalue weighted by atomic mass is 16.7. The second-order valence-corrected chi connectivity index (χ2v) is 12.2. The summed E-state index contributed by atoms with van der Waals surface area (Å²) in [7, 11) is 0. The minimum atomic E-state index is -1.76. The lowest BCUT2D eigenvalue weighted by atomic mass is 9.59. The molecular formula is C28H38O6. The number of carbonyl (C=O) groups excluding carboxylic acids is 2. The summed E-state index contributed by atoms with van der Waals surface area (Å²) in [5, 5.41) is 12.9. The van der Waals surface area contributed by atoms with E-state index >= 15 is 0 Å². The third-order valence-corrected chi connectivity index (χ3v) is 9.65. The van der Waals surface area contributed by atoms with Crippen molar-refractivity contribution in [3.8, 4) is 0 Å². The van der Waals surface area contributed by atoms with Crippen molar-refractivity contribution in [2.45, 2.75) is 85.4 Å². The zero-order chi connectivity index (χ0) is 25.0. The van der Waals surface area contributed by atoms with E-state index < -0.39 is 35.0 Å². The quantitative estimate of drug-likeness (QED) is 0.371. The molecule has 6 heteroatoms. The van der Waals surface area contributed by atoms with Crippen molar-refractivity contribution in [1.29, 1.82) is 0 Å². The number of carbonyl (C=O) groups is 2. The second kappa shape index (κ2) is 7.14. The molecule has 5 rings (SSSR count). The second-order valence-electron chi connectivity index (χ2n) is 12.2. The highest BCUT2D eigenvalue weighted by Gasteiger charge is 2.77. The van der Waals surface area contributed by atoms with Crippen molar-refractivity contribution in [2.24, 2.45) is 34.5 Å². The molecule has 0 aromatic rings. The summed E-state index contributed by atoms with van der Waals surface area (Å²) in [6, 6.07) is 0. The van der Waals surface area contributed by atoms with Crippen LogP contribution in [0.25, 0.3) is 0 Å². The van der Waals surface area contributed by atoms with Crippen LogP contribution in [0.2, 0.25) is 0 Å². The van der Waals surface area contributed by atoms with Crippen LogP contribution in [0.15, 0.2) is 34.9 Å². The Morgan fingerprint density at radius 3 is 2.59 bits per heavy atom. The highest BCUT2D eigenvalue weighted by molar-refractivity contribution is 5.96. The third-order valence-electron chi connectivity index (χ3n) is 9.65. The van der Waals surface area contributed by atoms with Gasteiger partial charge in [-0.1, -0.05) is 39.0 Å². The van der Waals surface area contributed by atoms with Gasteiger partial charge in [0.1, 0.15) is 6.10 Å². The molecule has 1 saturated heterocycles.